The first kappa shape index (κ1) is 16.1. The lowest BCUT2D eigenvalue weighted by molar-refractivity contribution is 0.0941. The van der Waals surface area contributed by atoms with Crippen LogP contribution >= 0.6 is 11.6 Å². The number of rotatable bonds is 5. The van der Waals surface area contributed by atoms with E-state index in [1.54, 1.807) is 19.2 Å². The number of hydrogen-bond acceptors (Lipinski definition) is 3. The van der Waals surface area contributed by atoms with Crippen molar-refractivity contribution in [3.8, 4) is 0 Å². The molecule has 1 fully saturated rings. The highest BCUT2D eigenvalue weighted by molar-refractivity contribution is 6.29. The van der Waals surface area contributed by atoms with E-state index in [0.717, 1.165) is 12.5 Å². The average Bonchev–Trinajstić information content (AvgIpc) is 2.52. The Balaban J connectivity index is 1.86. The molecule has 0 radical (unpaired) electrons. The van der Waals surface area contributed by atoms with Crippen molar-refractivity contribution in [1.82, 2.24) is 10.3 Å². The summed E-state index contributed by atoms with van der Waals surface area (Å²) in [5.41, 5.74) is 0.557. The summed E-state index contributed by atoms with van der Waals surface area (Å²) in [6, 6.07) is 3.32. The van der Waals surface area contributed by atoms with Crippen molar-refractivity contribution in [3.05, 3.63) is 22.8 Å². The maximum atomic E-state index is 12.2. The molecule has 1 saturated carbocycles. The summed E-state index contributed by atoms with van der Waals surface area (Å²) in [6.45, 7) is 3.02. The van der Waals surface area contributed by atoms with E-state index in [0.29, 0.717) is 22.5 Å². The minimum atomic E-state index is -0.0755. The van der Waals surface area contributed by atoms with Gasteiger partial charge in [0.15, 0.2) is 0 Å². The molecule has 4 nitrogen and oxygen atoms in total. The van der Waals surface area contributed by atoms with Crippen molar-refractivity contribution < 1.29 is 4.79 Å². The van der Waals surface area contributed by atoms with Crippen molar-refractivity contribution in [2.45, 2.75) is 39.0 Å². The third-order valence-corrected chi connectivity index (χ3v) is 4.60. The van der Waals surface area contributed by atoms with Gasteiger partial charge < -0.3 is 10.6 Å². The Morgan fingerprint density at radius 1 is 1.29 bits per heavy atom. The number of halogens is 1. The van der Waals surface area contributed by atoms with Gasteiger partial charge in [-0.15, -0.1) is 0 Å². The summed E-state index contributed by atoms with van der Waals surface area (Å²) >= 11 is 5.92. The van der Waals surface area contributed by atoms with Crippen LogP contribution in [0.25, 0.3) is 0 Å². The molecule has 1 aromatic rings. The smallest absolute Gasteiger partial charge is 0.251 e. The lowest BCUT2D eigenvalue weighted by Gasteiger charge is -2.27. The third kappa shape index (κ3) is 4.60. The van der Waals surface area contributed by atoms with Crippen LogP contribution in [-0.2, 0) is 0 Å². The zero-order valence-electron chi connectivity index (χ0n) is 12.8. The van der Waals surface area contributed by atoms with Crippen molar-refractivity contribution in [3.63, 3.8) is 0 Å². The number of pyridine rings is 1. The molecule has 0 saturated heterocycles. The van der Waals surface area contributed by atoms with Gasteiger partial charge in [0.2, 0.25) is 0 Å². The van der Waals surface area contributed by atoms with Crippen molar-refractivity contribution >= 4 is 23.3 Å². The van der Waals surface area contributed by atoms with E-state index in [1.165, 1.54) is 32.1 Å². The quantitative estimate of drug-likeness (QED) is 0.815. The minimum Gasteiger partial charge on any atom is -0.373 e. The number of amides is 1. The highest BCUT2D eigenvalue weighted by Crippen LogP contribution is 2.30. The number of hydrogen-bond donors (Lipinski definition) is 2. The van der Waals surface area contributed by atoms with Gasteiger partial charge in [-0.1, -0.05) is 37.8 Å². The Kier molecular flexibility index (Phi) is 5.85. The fourth-order valence-electron chi connectivity index (χ4n) is 2.94. The van der Waals surface area contributed by atoms with Gasteiger partial charge in [0, 0.05) is 19.2 Å². The Morgan fingerprint density at radius 3 is 2.57 bits per heavy atom. The highest BCUT2D eigenvalue weighted by atomic mass is 35.5. The summed E-state index contributed by atoms with van der Waals surface area (Å²) in [6.07, 6.45) is 6.31. The van der Waals surface area contributed by atoms with Gasteiger partial charge in [0.1, 0.15) is 11.0 Å². The average molecular weight is 310 g/mol. The van der Waals surface area contributed by atoms with E-state index < -0.39 is 0 Å². The summed E-state index contributed by atoms with van der Waals surface area (Å²) < 4.78 is 0. The molecule has 0 atom stereocenters. The molecule has 1 aromatic heterocycles. The van der Waals surface area contributed by atoms with Gasteiger partial charge >= 0.3 is 0 Å². The zero-order valence-corrected chi connectivity index (χ0v) is 13.5. The molecule has 1 aliphatic carbocycles. The molecule has 116 valence electrons. The normalized spacial score (nSPS) is 21.9. The fourth-order valence-corrected chi connectivity index (χ4v) is 3.15. The van der Waals surface area contributed by atoms with Gasteiger partial charge in [-0.2, -0.15) is 0 Å². The summed E-state index contributed by atoms with van der Waals surface area (Å²) in [5.74, 6) is 2.02. The van der Waals surface area contributed by atoms with Crippen molar-refractivity contribution in [2.75, 3.05) is 18.9 Å². The predicted octanol–water partition coefficient (Wildman–Crippen LogP) is 3.72. The lowest BCUT2D eigenvalue weighted by Crippen LogP contribution is -2.31. The van der Waals surface area contributed by atoms with Crippen LogP contribution in [0.1, 0.15) is 49.4 Å². The molecule has 1 aliphatic rings. The Hall–Kier alpha value is -1.29. The summed E-state index contributed by atoms with van der Waals surface area (Å²) in [4.78, 5) is 16.3. The van der Waals surface area contributed by atoms with Gasteiger partial charge in [0.25, 0.3) is 5.91 Å². The van der Waals surface area contributed by atoms with Crippen LogP contribution in [0.3, 0.4) is 0 Å². The summed E-state index contributed by atoms with van der Waals surface area (Å²) in [7, 11) is 1.76. The van der Waals surface area contributed by atoms with Crippen LogP contribution in [0.5, 0.6) is 0 Å². The highest BCUT2D eigenvalue weighted by Gasteiger charge is 2.20. The summed E-state index contributed by atoms with van der Waals surface area (Å²) in [5, 5.41) is 6.26. The molecular weight excluding hydrogens is 286 g/mol. The number of anilines is 1. The van der Waals surface area contributed by atoms with Crippen LogP contribution in [-0.4, -0.2) is 24.5 Å². The van der Waals surface area contributed by atoms with E-state index in [1.807, 2.05) is 0 Å². The first-order valence-corrected chi connectivity index (χ1v) is 8.13. The van der Waals surface area contributed by atoms with Crippen LogP contribution in [0.4, 0.5) is 5.82 Å². The van der Waals surface area contributed by atoms with Gasteiger partial charge in [-0.3, -0.25) is 4.79 Å². The first-order valence-electron chi connectivity index (χ1n) is 7.76. The Bertz CT molecular complexity index is 484. The van der Waals surface area contributed by atoms with Gasteiger partial charge in [0.05, 0.1) is 0 Å². The number of nitrogens with one attached hydrogen (secondary N) is 2. The van der Waals surface area contributed by atoms with E-state index in [4.69, 9.17) is 11.6 Å². The SMILES string of the molecule is CCC1CCC(CNC(=O)c2cc(Cl)nc(NC)c2)CC1. The largest absolute Gasteiger partial charge is 0.373 e. The van der Waals surface area contributed by atoms with Crippen LogP contribution in [0.15, 0.2) is 12.1 Å². The number of carbonyl (C=O) groups excluding carboxylic acids is 1. The van der Waals surface area contributed by atoms with Gasteiger partial charge in [-0.05, 0) is 36.8 Å². The van der Waals surface area contributed by atoms with Crippen LogP contribution < -0.4 is 10.6 Å². The van der Waals surface area contributed by atoms with E-state index in [2.05, 4.69) is 22.5 Å². The Morgan fingerprint density at radius 2 is 1.95 bits per heavy atom. The molecule has 2 N–H and O–H groups in total. The first-order chi connectivity index (χ1) is 10.1. The second kappa shape index (κ2) is 7.64. The molecule has 5 heteroatoms. The molecule has 0 unspecified atom stereocenters. The molecule has 0 bridgehead atoms. The van der Waals surface area contributed by atoms with E-state index in [-0.39, 0.29) is 5.91 Å². The maximum Gasteiger partial charge on any atom is 0.251 e. The fraction of sp³-hybridized carbons (Fsp3) is 0.625. The van der Waals surface area contributed by atoms with E-state index >= 15 is 0 Å². The second-order valence-electron chi connectivity index (χ2n) is 5.82. The number of carbonyl (C=O) groups is 1. The standard InChI is InChI=1S/C16H24ClN3O/c1-3-11-4-6-12(7-5-11)10-19-16(21)13-8-14(17)20-15(9-13)18-2/h8-9,11-12H,3-7,10H2,1-2H3,(H,18,20)(H,19,21). The molecule has 1 amide bonds. The number of aromatic nitrogens is 1. The topological polar surface area (TPSA) is 54.0 Å². The molecule has 2 rings (SSSR count). The zero-order chi connectivity index (χ0) is 15.2. The van der Waals surface area contributed by atoms with Crippen LogP contribution in [0, 0.1) is 11.8 Å². The molecule has 1 heterocycles. The monoisotopic (exact) mass is 309 g/mol. The van der Waals surface area contributed by atoms with Crippen molar-refractivity contribution in [1.29, 1.82) is 0 Å². The molecule has 0 spiro atoms. The Labute approximate surface area is 131 Å². The number of nitrogens with zero attached hydrogens (tertiary/aromatic N) is 1. The van der Waals surface area contributed by atoms with Crippen LogP contribution in [0.2, 0.25) is 5.15 Å². The lowest BCUT2D eigenvalue weighted by atomic mass is 9.81. The molecule has 0 aliphatic heterocycles. The third-order valence-electron chi connectivity index (χ3n) is 4.41. The second-order valence-corrected chi connectivity index (χ2v) is 6.21. The molecule has 21 heavy (non-hydrogen) atoms. The molecular formula is C16H24ClN3O. The van der Waals surface area contributed by atoms with Crippen molar-refractivity contribution in [2.24, 2.45) is 11.8 Å². The maximum absolute atomic E-state index is 12.2. The van der Waals surface area contributed by atoms with Gasteiger partial charge in [-0.25, -0.2) is 4.98 Å². The minimum absolute atomic E-state index is 0.0755. The molecule has 0 aromatic carbocycles. The predicted molar refractivity (Wildman–Crippen MR) is 86.9 cm³/mol. The van der Waals surface area contributed by atoms with E-state index in [9.17, 15) is 4.79 Å².